The van der Waals surface area contributed by atoms with Crippen LogP contribution in [0.2, 0.25) is 5.02 Å². The highest BCUT2D eigenvalue weighted by Crippen LogP contribution is 2.49. The fraction of sp³-hybridized carbons (Fsp3) is 0.381. The first-order chi connectivity index (χ1) is 13.6. The summed E-state index contributed by atoms with van der Waals surface area (Å²) in [5.74, 6) is 2.47. The van der Waals surface area contributed by atoms with Crippen LogP contribution < -0.4 is 16.0 Å². The number of halogens is 1. The molecule has 7 heteroatoms. The largest absolute Gasteiger partial charge is 0.459 e. The highest BCUT2D eigenvalue weighted by atomic mass is 35.5. The van der Waals surface area contributed by atoms with Gasteiger partial charge in [0, 0.05) is 10.9 Å². The Morgan fingerprint density at radius 2 is 2.00 bits per heavy atom. The second-order valence-corrected chi connectivity index (χ2v) is 8.09. The van der Waals surface area contributed by atoms with Gasteiger partial charge in [0.1, 0.15) is 17.1 Å². The van der Waals surface area contributed by atoms with Crippen LogP contribution in [0.25, 0.3) is 11.0 Å². The van der Waals surface area contributed by atoms with Gasteiger partial charge in [-0.15, -0.1) is 0 Å². The lowest BCUT2D eigenvalue weighted by molar-refractivity contribution is 0.250. The Labute approximate surface area is 168 Å². The molecule has 3 N–H and O–H groups in total. The molecule has 2 aliphatic rings. The lowest BCUT2D eigenvalue weighted by atomic mass is 9.74. The summed E-state index contributed by atoms with van der Waals surface area (Å²) < 4.78 is 11.6. The minimum absolute atomic E-state index is 0.165. The lowest BCUT2D eigenvalue weighted by Gasteiger charge is -2.44. The molecular formula is C21H23ClN4O2. The zero-order valence-electron chi connectivity index (χ0n) is 15.6. The third-order valence-electron chi connectivity index (χ3n) is 5.74. The predicted octanol–water partition coefficient (Wildman–Crippen LogP) is 5.01. The van der Waals surface area contributed by atoms with Crippen molar-refractivity contribution in [1.29, 1.82) is 0 Å². The van der Waals surface area contributed by atoms with Gasteiger partial charge in [0.05, 0.1) is 41.4 Å². The van der Waals surface area contributed by atoms with Crippen LogP contribution >= 0.6 is 11.6 Å². The van der Waals surface area contributed by atoms with Gasteiger partial charge in [-0.05, 0) is 25.0 Å². The third-order valence-corrected chi connectivity index (χ3v) is 6.04. The molecule has 1 saturated carbocycles. The molecule has 3 heterocycles. The fourth-order valence-corrected chi connectivity index (χ4v) is 4.83. The molecule has 1 aliphatic carbocycles. The highest BCUT2D eigenvalue weighted by molar-refractivity contribution is 6.34. The van der Waals surface area contributed by atoms with Crippen LogP contribution in [0.1, 0.15) is 49.2 Å². The van der Waals surface area contributed by atoms with Gasteiger partial charge in [-0.3, -0.25) is 0 Å². The number of hydrogen-bond acceptors (Lipinski definition) is 6. The molecule has 1 spiro atoms. The van der Waals surface area contributed by atoms with Crippen LogP contribution in [0, 0.1) is 0 Å². The number of hydrogen-bond donors (Lipinski definition) is 3. The first-order valence-electron chi connectivity index (χ1n) is 9.72. The summed E-state index contributed by atoms with van der Waals surface area (Å²) in [5.41, 5.74) is 2.81. The van der Waals surface area contributed by atoms with Gasteiger partial charge >= 0.3 is 0 Å². The van der Waals surface area contributed by atoms with Gasteiger partial charge in [-0.2, -0.15) is 0 Å². The van der Waals surface area contributed by atoms with Crippen LogP contribution in [0.3, 0.4) is 0 Å². The topological polar surface area (TPSA) is 75.3 Å². The summed E-state index contributed by atoms with van der Waals surface area (Å²) in [4.78, 5) is 3.93. The van der Waals surface area contributed by atoms with E-state index in [2.05, 4.69) is 33.6 Å². The number of anilines is 1. The molecule has 28 heavy (non-hydrogen) atoms. The molecule has 1 aliphatic heterocycles. The van der Waals surface area contributed by atoms with Crippen molar-refractivity contribution in [3.63, 3.8) is 0 Å². The average Bonchev–Trinajstić information content (AvgIpc) is 3.32. The second kappa shape index (κ2) is 6.87. The van der Waals surface area contributed by atoms with Crippen molar-refractivity contribution in [2.45, 2.75) is 50.7 Å². The van der Waals surface area contributed by atoms with Crippen LogP contribution in [-0.2, 0) is 18.6 Å². The van der Waals surface area contributed by atoms with E-state index in [0.717, 1.165) is 52.4 Å². The summed E-state index contributed by atoms with van der Waals surface area (Å²) in [6, 6.07) is 4.04. The Balaban J connectivity index is 1.52. The zero-order valence-corrected chi connectivity index (χ0v) is 16.4. The van der Waals surface area contributed by atoms with Gasteiger partial charge in [-0.25, -0.2) is 4.98 Å². The molecule has 0 unspecified atom stereocenters. The SMILES string of the molecule is C=C1Nc2c(Cl)cc3cc(CNCc4cnco4)oc3c2C2(CCCCC2)N1. The van der Waals surface area contributed by atoms with Crippen LogP contribution in [0.15, 0.2) is 46.0 Å². The Kier molecular flexibility index (Phi) is 4.33. The van der Waals surface area contributed by atoms with E-state index in [1.165, 1.54) is 25.7 Å². The van der Waals surface area contributed by atoms with Gasteiger partial charge in [-0.1, -0.05) is 37.4 Å². The van der Waals surface area contributed by atoms with Crippen molar-refractivity contribution < 1.29 is 8.83 Å². The number of fused-ring (bicyclic) bond motifs is 4. The standard InChI is InChI=1S/C21H23ClN4O2/c1-13-25-19-17(22)8-14-7-15(9-23-10-16-11-24-12-27-16)28-20(14)18(19)21(26-13)5-3-2-4-6-21/h7-8,11-12,23,25-26H,1-6,9-10H2. The normalized spacial score (nSPS) is 18.1. The van der Waals surface area contributed by atoms with E-state index in [0.29, 0.717) is 18.1 Å². The van der Waals surface area contributed by atoms with E-state index in [1.807, 2.05) is 6.07 Å². The minimum atomic E-state index is -0.165. The monoisotopic (exact) mass is 398 g/mol. The molecule has 0 saturated heterocycles. The molecule has 1 aromatic carbocycles. The quantitative estimate of drug-likeness (QED) is 0.573. The zero-order chi connectivity index (χ0) is 19.1. The van der Waals surface area contributed by atoms with Crippen LogP contribution in [-0.4, -0.2) is 4.98 Å². The number of nitrogens with zero attached hydrogens (tertiary/aromatic N) is 1. The van der Waals surface area contributed by atoms with Crippen LogP contribution in [0.4, 0.5) is 5.69 Å². The fourth-order valence-electron chi connectivity index (χ4n) is 4.57. The Morgan fingerprint density at radius 3 is 2.79 bits per heavy atom. The Bertz CT molecular complexity index is 1020. The molecule has 1 fully saturated rings. The average molecular weight is 399 g/mol. The molecular weight excluding hydrogens is 376 g/mol. The number of benzene rings is 1. The summed E-state index contributed by atoms with van der Waals surface area (Å²) in [6.07, 6.45) is 8.87. The second-order valence-electron chi connectivity index (χ2n) is 7.68. The number of furan rings is 1. The molecule has 0 atom stereocenters. The number of aromatic nitrogens is 1. The van der Waals surface area contributed by atoms with Crippen molar-refractivity contribution in [2.75, 3.05) is 5.32 Å². The molecule has 0 bridgehead atoms. The van der Waals surface area contributed by atoms with Crippen molar-refractivity contribution in [3.8, 4) is 0 Å². The van der Waals surface area contributed by atoms with Gasteiger partial charge in [0.25, 0.3) is 0 Å². The first kappa shape index (κ1) is 17.6. The van der Waals surface area contributed by atoms with E-state index in [-0.39, 0.29) is 5.54 Å². The molecule has 0 radical (unpaired) electrons. The molecule has 146 valence electrons. The van der Waals surface area contributed by atoms with E-state index < -0.39 is 0 Å². The maximum Gasteiger partial charge on any atom is 0.180 e. The maximum absolute atomic E-state index is 6.66. The highest BCUT2D eigenvalue weighted by Gasteiger charge is 2.42. The summed E-state index contributed by atoms with van der Waals surface area (Å²) in [6.45, 7) is 5.32. The van der Waals surface area contributed by atoms with Gasteiger partial charge in [0.2, 0.25) is 0 Å². The molecule has 3 aromatic rings. The van der Waals surface area contributed by atoms with Crippen LogP contribution in [0.5, 0.6) is 0 Å². The summed E-state index contributed by atoms with van der Waals surface area (Å²) >= 11 is 6.66. The Morgan fingerprint density at radius 1 is 1.18 bits per heavy atom. The van der Waals surface area contributed by atoms with Gasteiger partial charge < -0.3 is 24.8 Å². The molecule has 6 nitrogen and oxygen atoms in total. The van der Waals surface area contributed by atoms with E-state index >= 15 is 0 Å². The van der Waals surface area contributed by atoms with Crippen molar-refractivity contribution in [2.24, 2.45) is 0 Å². The number of rotatable bonds is 4. The van der Waals surface area contributed by atoms with Gasteiger partial charge in [0.15, 0.2) is 6.39 Å². The Hall–Kier alpha value is -2.44. The summed E-state index contributed by atoms with van der Waals surface area (Å²) in [7, 11) is 0. The maximum atomic E-state index is 6.66. The minimum Gasteiger partial charge on any atom is -0.459 e. The van der Waals surface area contributed by atoms with E-state index in [1.54, 1.807) is 6.20 Å². The molecule has 5 rings (SSSR count). The van der Waals surface area contributed by atoms with Crippen molar-refractivity contribution >= 4 is 28.3 Å². The predicted molar refractivity (Wildman–Crippen MR) is 109 cm³/mol. The number of nitrogens with one attached hydrogen (secondary N) is 3. The number of oxazole rings is 1. The first-order valence-corrected chi connectivity index (χ1v) is 10.1. The van der Waals surface area contributed by atoms with Crippen molar-refractivity contribution in [3.05, 3.63) is 59.2 Å². The molecule has 2 aromatic heterocycles. The summed E-state index contributed by atoms with van der Waals surface area (Å²) in [5, 5.41) is 12.0. The smallest absolute Gasteiger partial charge is 0.180 e. The van der Waals surface area contributed by atoms with Crippen molar-refractivity contribution in [1.82, 2.24) is 15.6 Å². The van der Waals surface area contributed by atoms with E-state index in [9.17, 15) is 0 Å². The third kappa shape index (κ3) is 2.97. The molecule has 0 amide bonds. The van der Waals surface area contributed by atoms with E-state index in [4.69, 9.17) is 20.4 Å². The lowest BCUT2D eigenvalue weighted by Crippen LogP contribution is -2.48.